The van der Waals surface area contributed by atoms with Gasteiger partial charge < -0.3 is 4.98 Å². The lowest BCUT2D eigenvalue weighted by Crippen LogP contribution is -1.90. The van der Waals surface area contributed by atoms with Crippen LogP contribution in [-0.4, -0.2) is 9.97 Å². The SMILES string of the molecule is C(#Cc1cc(C#Cc2ccccc2)cc(-c2ccccc2-c2ncc[nH]2)c1)c1ccccc1. The van der Waals surface area contributed by atoms with Gasteiger partial charge in [0.2, 0.25) is 0 Å². The van der Waals surface area contributed by atoms with E-state index < -0.39 is 0 Å². The highest BCUT2D eigenvalue weighted by molar-refractivity contribution is 5.82. The van der Waals surface area contributed by atoms with E-state index in [2.05, 4.69) is 57.9 Å². The number of hydrogen-bond donors (Lipinski definition) is 1. The molecular weight excluding hydrogens is 400 g/mol. The standard InChI is InChI=1S/C31H20N2/c1-3-9-24(10-4-1)15-17-26-21-27(18-16-25-11-5-2-6-12-25)23-28(22-26)29-13-7-8-14-30(29)31-32-19-20-33-31/h1-14,19-23H,(H,32,33). The molecule has 0 aliphatic rings. The quantitative estimate of drug-likeness (QED) is 0.323. The van der Waals surface area contributed by atoms with E-state index in [0.717, 1.165) is 44.8 Å². The molecule has 0 aliphatic heterocycles. The van der Waals surface area contributed by atoms with Crippen molar-refractivity contribution < 1.29 is 0 Å². The van der Waals surface area contributed by atoms with Gasteiger partial charge in [-0.25, -0.2) is 4.98 Å². The highest BCUT2D eigenvalue weighted by Crippen LogP contribution is 2.31. The van der Waals surface area contributed by atoms with Crippen LogP contribution >= 0.6 is 0 Å². The fourth-order valence-electron chi connectivity index (χ4n) is 3.61. The average molecular weight is 421 g/mol. The summed E-state index contributed by atoms with van der Waals surface area (Å²) in [6.07, 6.45) is 3.61. The Hall–Kier alpha value is -4.79. The van der Waals surface area contributed by atoms with Crippen molar-refractivity contribution in [3.63, 3.8) is 0 Å². The third-order valence-corrected chi connectivity index (χ3v) is 5.17. The molecule has 1 aromatic heterocycles. The summed E-state index contributed by atoms with van der Waals surface area (Å²) in [5, 5.41) is 0. The summed E-state index contributed by atoms with van der Waals surface area (Å²) in [5.74, 6) is 14.0. The second-order valence-corrected chi connectivity index (χ2v) is 7.51. The molecule has 154 valence electrons. The predicted molar refractivity (Wildman–Crippen MR) is 134 cm³/mol. The maximum atomic E-state index is 4.46. The molecule has 4 aromatic carbocycles. The van der Waals surface area contributed by atoms with Gasteiger partial charge in [0, 0.05) is 40.2 Å². The molecule has 2 heteroatoms. The lowest BCUT2D eigenvalue weighted by Gasteiger charge is -2.09. The van der Waals surface area contributed by atoms with E-state index in [-0.39, 0.29) is 0 Å². The van der Waals surface area contributed by atoms with Crippen molar-refractivity contribution in [3.05, 3.63) is 138 Å². The van der Waals surface area contributed by atoms with Crippen LogP contribution in [0.1, 0.15) is 22.3 Å². The first-order valence-electron chi connectivity index (χ1n) is 10.7. The van der Waals surface area contributed by atoms with Crippen molar-refractivity contribution in [1.29, 1.82) is 0 Å². The van der Waals surface area contributed by atoms with Crippen LogP contribution < -0.4 is 0 Å². The zero-order chi connectivity index (χ0) is 22.3. The van der Waals surface area contributed by atoms with E-state index in [1.54, 1.807) is 6.20 Å². The van der Waals surface area contributed by atoms with Crippen LogP contribution in [0.2, 0.25) is 0 Å². The van der Waals surface area contributed by atoms with Crippen LogP contribution in [0, 0.1) is 23.7 Å². The molecule has 0 spiro atoms. The summed E-state index contributed by atoms with van der Waals surface area (Å²) in [6, 6.07) is 34.6. The lowest BCUT2D eigenvalue weighted by molar-refractivity contribution is 1.31. The van der Waals surface area contributed by atoms with E-state index in [1.807, 2.05) is 85.1 Å². The van der Waals surface area contributed by atoms with Gasteiger partial charge in [-0.3, -0.25) is 0 Å². The van der Waals surface area contributed by atoms with E-state index in [9.17, 15) is 0 Å². The topological polar surface area (TPSA) is 28.7 Å². The van der Waals surface area contributed by atoms with E-state index in [1.165, 1.54) is 0 Å². The minimum Gasteiger partial charge on any atom is -0.345 e. The third kappa shape index (κ3) is 4.93. The Morgan fingerprint density at radius 1 is 0.515 bits per heavy atom. The Morgan fingerprint density at radius 2 is 1.03 bits per heavy atom. The number of H-pyrrole nitrogens is 1. The molecule has 5 aromatic rings. The number of imidazole rings is 1. The molecule has 0 aliphatic carbocycles. The molecule has 5 rings (SSSR count). The van der Waals surface area contributed by atoms with Crippen LogP contribution in [0.5, 0.6) is 0 Å². The number of aromatic nitrogens is 2. The van der Waals surface area contributed by atoms with Crippen molar-refractivity contribution in [3.8, 4) is 46.2 Å². The number of nitrogens with zero attached hydrogens (tertiary/aromatic N) is 1. The van der Waals surface area contributed by atoms with Crippen molar-refractivity contribution in [2.45, 2.75) is 0 Å². The molecule has 0 saturated heterocycles. The van der Waals surface area contributed by atoms with Crippen molar-refractivity contribution in [2.75, 3.05) is 0 Å². The second kappa shape index (κ2) is 9.56. The summed E-state index contributed by atoms with van der Waals surface area (Å²) in [5.41, 5.74) is 6.98. The fraction of sp³-hybridized carbons (Fsp3) is 0. The van der Waals surface area contributed by atoms with Crippen LogP contribution in [0.15, 0.2) is 116 Å². The molecule has 0 saturated carbocycles. The second-order valence-electron chi connectivity index (χ2n) is 7.51. The Morgan fingerprint density at radius 3 is 1.58 bits per heavy atom. The molecule has 1 heterocycles. The minimum atomic E-state index is 0.836. The van der Waals surface area contributed by atoms with E-state index in [4.69, 9.17) is 0 Å². The van der Waals surface area contributed by atoms with Crippen LogP contribution in [0.4, 0.5) is 0 Å². The summed E-state index contributed by atoms with van der Waals surface area (Å²) in [6.45, 7) is 0. The van der Waals surface area contributed by atoms with Crippen molar-refractivity contribution in [2.24, 2.45) is 0 Å². The van der Waals surface area contributed by atoms with E-state index >= 15 is 0 Å². The Bertz CT molecular complexity index is 1420. The highest BCUT2D eigenvalue weighted by Gasteiger charge is 2.10. The molecular formula is C31H20N2. The molecule has 0 unspecified atom stereocenters. The number of benzene rings is 4. The maximum absolute atomic E-state index is 4.46. The average Bonchev–Trinajstić information content (AvgIpc) is 3.42. The monoisotopic (exact) mass is 420 g/mol. The van der Waals surface area contributed by atoms with Gasteiger partial charge in [0.15, 0.2) is 0 Å². The molecule has 1 N–H and O–H groups in total. The van der Waals surface area contributed by atoms with Gasteiger partial charge in [-0.05, 0) is 53.6 Å². The van der Waals surface area contributed by atoms with Gasteiger partial charge >= 0.3 is 0 Å². The molecule has 0 atom stereocenters. The first-order chi connectivity index (χ1) is 16.3. The smallest absolute Gasteiger partial charge is 0.137 e. The van der Waals surface area contributed by atoms with Gasteiger partial charge in [-0.15, -0.1) is 0 Å². The van der Waals surface area contributed by atoms with Gasteiger partial charge in [-0.1, -0.05) is 84.3 Å². The van der Waals surface area contributed by atoms with Crippen LogP contribution in [-0.2, 0) is 0 Å². The minimum absolute atomic E-state index is 0.836. The van der Waals surface area contributed by atoms with E-state index in [0.29, 0.717) is 0 Å². The molecule has 33 heavy (non-hydrogen) atoms. The van der Waals surface area contributed by atoms with Gasteiger partial charge in [0.25, 0.3) is 0 Å². The van der Waals surface area contributed by atoms with Crippen LogP contribution in [0.25, 0.3) is 22.5 Å². The maximum Gasteiger partial charge on any atom is 0.137 e. The van der Waals surface area contributed by atoms with Crippen molar-refractivity contribution in [1.82, 2.24) is 9.97 Å². The summed E-state index contributed by atoms with van der Waals surface area (Å²) in [7, 11) is 0. The number of aromatic amines is 1. The zero-order valence-electron chi connectivity index (χ0n) is 17.9. The lowest BCUT2D eigenvalue weighted by atomic mass is 9.95. The van der Waals surface area contributed by atoms with Gasteiger partial charge in [0.05, 0.1) is 0 Å². The molecule has 2 nitrogen and oxygen atoms in total. The highest BCUT2D eigenvalue weighted by atomic mass is 14.9. The molecule has 0 fully saturated rings. The fourth-order valence-corrected chi connectivity index (χ4v) is 3.61. The first kappa shape index (κ1) is 20.1. The number of hydrogen-bond acceptors (Lipinski definition) is 1. The van der Waals surface area contributed by atoms with Gasteiger partial charge in [-0.2, -0.15) is 0 Å². The van der Waals surface area contributed by atoms with Crippen molar-refractivity contribution >= 4 is 0 Å². The third-order valence-electron chi connectivity index (χ3n) is 5.17. The summed E-state index contributed by atoms with van der Waals surface area (Å²) in [4.78, 5) is 7.68. The molecule has 0 bridgehead atoms. The summed E-state index contributed by atoms with van der Waals surface area (Å²) >= 11 is 0. The summed E-state index contributed by atoms with van der Waals surface area (Å²) < 4.78 is 0. The number of rotatable bonds is 2. The molecule has 0 radical (unpaired) electrons. The Labute approximate surface area is 194 Å². The van der Waals surface area contributed by atoms with Gasteiger partial charge in [0.1, 0.15) is 5.82 Å². The first-order valence-corrected chi connectivity index (χ1v) is 10.7. The Kier molecular flexibility index (Phi) is 5.83. The normalized spacial score (nSPS) is 9.94. The predicted octanol–water partition coefficient (Wildman–Crippen LogP) is 6.54. The zero-order valence-corrected chi connectivity index (χ0v) is 17.9. The number of nitrogens with one attached hydrogen (secondary N) is 1. The molecule has 0 amide bonds. The largest absolute Gasteiger partial charge is 0.345 e. The van der Waals surface area contributed by atoms with Crippen LogP contribution in [0.3, 0.4) is 0 Å². The Balaban J connectivity index is 1.63.